The third-order valence-corrected chi connectivity index (χ3v) is 1.88. The van der Waals surface area contributed by atoms with Gasteiger partial charge in [-0.2, -0.15) is 0 Å². The van der Waals surface area contributed by atoms with Crippen LogP contribution in [0.4, 0.5) is 0 Å². The first kappa shape index (κ1) is 7.11. The SMILES string of the molecule is C1=CC=C2C=CC=CC=C2C=C1.[H+]. The van der Waals surface area contributed by atoms with E-state index < -0.39 is 0 Å². The molecule has 0 spiro atoms. The van der Waals surface area contributed by atoms with E-state index in [1.807, 2.05) is 12.2 Å². The van der Waals surface area contributed by atoms with Gasteiger partial charge in [-0.25, -0.2) is 0 Å². The topological polar surface area (TPSA) is 0 Å². The smallest absolute Gasteiger partial charge is 0.0622 e. The highest BCUT2D eigenvalue weighted by Crippen LogP contribution is 2.18. The summed E-state index contributed by atoms with van der Waals surface area (Å²) in [4.78, 5) is 0. The molecule has 0 N–H and O–H groups in total. The first-order valence-electron chi connectivity index (χ1n) is 4.07. The molecule has 0 aromatic rings. The zero-order chi connectivity index (χ0) is 8.23. The lowest BCUT2D eigenvalue weighted by atomic mass is 10.1. The molecule has 0 saturated heterocycles. The van der Waals surface area contributed by atoms with E-state index in [0.29, 0.717) is 0 Å². The van der Waals surface area contributed by atoms with Crippen molar-refractivity contribution in [2.75, 3.05) is 0 Å². The Kier molecular flexibility index (Phi) is 1.91. The Morgan fingerprint density at radius 1 is 0.583 bits per heavy atom. The van der Waals surface area contributed by atoms with Crippen molar-refractivity contribution in [2.24, 2.45) is 0 Å². The standard InChI is InChI=1S/C12H10/c1-3-7-11-9-5-2-6-10-12(11)8-4-1/h1-10H/p+1. The number of fused-ring (bicyclic) bond motifs is 1. The molecule has 0 radical (unpaired) electrons. The Hall–Kier alpha value is -1.56. The average Bonchev–Trinajstić information content (AvgIpc) is 2.38. The highest BCUT2D eigenvalue weighted by atomic mass is 14.0. The molecule has 2 rings (SSSR count). The van der Waals surface area contributed by atoms with E-state index in [4.69, 9.17) is 0 Å². The van der Waals surface area contributed by atoms with E-state index in [2.05, 4.69) is 48.6 Å². The van der Waals surface area contributed by atoms with Crippen molar-refractivity contribution in [3.8, 4) is 0 Å². The minimum absolute atomic E-state index is 0. The van der Waals surface area contributed by atoms with Gasteiger partial charge < -0.3 is 0 Å². The Morgan fingerprint density at radius 3 is 1.58 bits per heavy atom. The first-order valence-corrected chi connectivity index (χ1v) is 4.07. The molecule has 0 saturated carbocycles. The van der Waals surface area contributed by atoms with Gasteiger partial charge in [0.25, 0.3) is 0 Å². The van der Waals surface area contributed by atoms with Gasteiger partial charge in [0.15, 0.2) is 0 Å². The van der Waals surface area contributed by atoms with Gasteiger partial charge in [-0.05, 0) is 11.1 Å². The van der Waals surface area contributed by atoms with Crippen LogP contribution >= 0.6 is 0 Å². The van der Waals surface area contributed by atoms with Crippen LogP contribution in [0.5, 0.6) is 0 Å². The molecule has 0 heterocycles. The second kappa shape index (κ2) is 3.22. The molecule has 0 fully saturated rings. The number of rotatable bonds is 0. The Labute approximate surface area is 74.1 Å². The van der Waals surface area contributed by atoms with Crippen LogP contribution in [0.3, 0.4) is 0 Å². The highest BCUT2D eigenvalue weighted by Gasteiger charge is 1.98. The molecule has 0 bridgehead atoms. The van der Waals surface area contributed by atoms with Crippen LogP contribution in [-0.2, 0) is 0 Å². The Morgan fingerprint density at radius 2 is 1.08 bits per heavy atom. The van der Waals surface area contributed by atoms with Crippen LogP contribution in [-0.4, -0.2) is 0 Å². The summed E-state index contributed by atoms with van der Waals surface area (Å²) in [6.45, 7) is 0. The summed E-state index contributed by atoms with van der Waals surface area (Å²) in [6.07, 6.45) is 20.8. The second-order valence-corrected chi connectivity index (χ2v) is 2.73. The summed E-state index contributed by atoms with van der Waals surface area (Å²) < 4.78 is 0. The number of allylic oxidation sites excluding steroid dienone is 12. The summed E-state index contributed by atoms with van der Waals surface area (Å²) in [5.74, 6) is 0. The van der Waals surface area contributed by atoms with Crippen molar-refractivity contribution in [1.29, 1.82) is 0 Å². The zero-order valence-electron chi connectivity index (χ0n) is 7.77. The lowest BCUT2D eigenvalue weighted by Gasteiger charge is -1.98. The lowest BCUT2D eigenvalue weighted by Crippen LogP contribution is -1.79. The molecule has 0 unspecified atom stereocenters. The third-order valence-electron chi connectivity index (χ3n) is 1.88. The predicted molar refractivity (Wildman–Crippen MR) is 53.8 cm³/mol. The van der Waals surface area contributed by atoms with E-state index in [9.17, 15) is 0 Å². The van der Waals surface area contributed by atoms with Gasteiger partial charge >= 0.3 is 1.43 Å². The maximum Gasteiger partial charge on any atom is 1.00 e. The quantitative estimate of drug-likeness (QED) is 0.504. The van der Waals surface area contributed by atoms with Crippen LogP contribution in [0.15, 0.2) is 71.9 Å². The van der Waals surface area contributed by atoms with Crippen molar-refractivity contribution < 1.29 is 1.43 Å². The largest absolute Gasteiger partial charge is 1.00 e. The van der Waals surface area contributed by atoms with E-state index in [0.717, 1.165) is 0 Å². The normalized spacial score (nSPS) is 19.3. The molecule has 0 aromatic carbocycles. The zero-order valence-corrected chi connectivity index (χ0v) is 6.77. The molecular weight excluding hydrogens is 144 g/mol. The van der Waals surface area contributed by atoms with E-state index in [-0.39, 0.29) is 1.43 Å². The summed E-state index contributed by atoms with van der Waals surface area (Å²) in [7, 11) is 0. The van der Waals surface area contributed by atoms with Gasteiger partial charge in [0.1, 0.15) is 0 Å². The second-order valence-electron chi connectivity index (χ2n) is 2.73. The first-order chi connectivity index (χ1) is 5.97. The van der Waals surface area contributed by atoms with Gasteiger partial charge in [0.2, 0.25) is 0 Å². The molecule has 2 aliphatic rings. The molecular formula is C12H11+. The fourth-order valence-electron chi connectivity index (χ4n) is 1.26. The summed E-state index contributed by atoms with van der Waals surface area (Å²) in [5.41, 5.74) is 2.54. The highest BCUT2D eigenvalue weighted by molar-refractivity contribution is 5.53. The number of hydrogen-bond donors (Lipinski definition) is 0. The van der Waals surface area contributed by atoms with E-state index in [1.165, 1.54) is 11.1 Å². The monoisotopic (exact) mass is 155 g/mol. The minimum Gasteiger partial charge on any atom is -0.0622 e. The van der Waals surface area contributed by atoms with Crippen LogP contribution in [0.1, 0.15) is 1.43 Å². The molecule has 0 nitrogen and oxygen atoms in total. The van der Waals surface area contributed by atoms with E-state index in [1.54, 1.807) is 0 Å². The van der Waals surface area contributed by atoms with Crippen molar-refractivity contribution in [3.05, 3.63) is 71.9 Å². The van der Waals surface area contributed by atoms with Gasteiger partial charge in [0.05, 0.1) is 0 Å². The molecule has 0 amide bonds. The molecule has 0 heteroatoms. The van der Waals surface area contributed by atoms with Crippen molar-refractivity contribution in [2.45, 2.75) is 0 Å². The molecule has 12 heavy (non-hydrogen) atoms. The average molecular weight is 155 g/mol. The van der Waals surface area contributed by atoms with Crippen molar-refractivity contribution >= 4 is 0 Å². The molecule has 2 aliphatic carbocycles. The Balaban J connectivity index is 0.000000845. The van der Waals surface area contributed by atoms with Crippen molar-refractivity contribution in [3.63, 3.8) is 0 Å². The fourth-order valence-corrected chi connectivity index (χ4v) is 1.26. The van der Waals surface area contributed by atoms with Crippen LogP contribution in [0, 0.1) is 0 Å². The predicted octanol–water partition coefficient (Wildman–Crippen LogP) is 3.20. The van der Waals surface area contributed by atoms with Crippen molar-refractivity contribution in [1.82, 2.24) is 0 Å². The summed E-state index contributed by atoms with van der Waals surface area (Å²) >= 11 is 0. The Bertz CT molecular complexity index is 313. The van der Waals surface area contributed by atoms with Gasteiger partial charge in [-0.15, -0.1) is 0 Å². The maximum absolute atomic E-state index is 2.12. The number of hydrogen-bond acceptors (Lipinski definition) is 0. The lowest BCUT2D eigenvalue weighted by molar-refractivity contribution is 1.57. The molecule has 0 atom stereocenters. The third kappa shape index (κ3) is 1.37. The van der Waals surface area contributed by atoms with E-state index >= 15 is 0 Å². The minimum atomic E-state index is 0. The molecule has 0 aromatic heterocycles. The van der Waals surface area contributed by atoms with Gasteiger partial charge in [-0.3, -0.25) is 0 Å². The van der Waals surface area contributed by atoms with Crippen LogP contribution in [0.25, 0.3) is 0 Å². The van der Waals surface area contributed by atoms with Gasteiger partial charge in [-0.1, -0.05) is 60.8 Å². The van der Waals surface area contributed by atoms with Crippen LogP contribution < -0.4 is 0 Å². The summed E-state index contributed by atoms with van der Waals surface area (Å²) in [6, 6.07) is 0. The fraction of sp³-hybridized carbons (Fsp3) is 0. The molecule has 0 aliphatic heterocycles. The van der Waals surface area contributed by atoms with Gasteiger partial charge in [0, 0.05) is 0 Å². The maximum atomic E-state index is 2.12. The van der Waals surface area contributed by atoms with Crippen LogP contribution in [0.2, 0.25) is 0 Å². The molecule has 58 valence electrons. The summed E-state index contributed by atoms with van der Waals surface area (Å²) in [5, 5.41) is 0.